The van der Waals surface area contributed by atoms with Crippen molar-refractivity contribution in [1.82, 2.24) is 5.32 Å². The Morgan fingerprint density at radius 1 is 1.27 bits per heavy atom. The summed E-state index contributed by atoms with van der Waals surface area (Å²) in [4.78, 5) is 12.7. The van der Waals surface area contributed by atoms with Gasteiger partial charge in [0.1, 0.15) is 13.2 Å². The number of carbonyl (C=O) groups is 1. The van der Waals surface area contributed by atoms with Crippen LogP contribution in [0.5, 0.6) is 11.5 Å². The predicted molar refractivity (Wildman–Crippen MR) is 105 cm³/mol. The van der Waals surface area contributed by atoms with Gasteiger partial charge in [-0.1, -0.05) is 32.8 Å². The first-order valence-electron chi connectivity index (χ1n) is 9.26. The van der Waals surface area contributed by atoms with E-state index in [0.29, 0.717) is 19.8 Å². The molecule has 146 valence electrons. The Labute approximate surface area is 162 Å². The molecule has 2 atom stereocenters. The number of amides is 1. The molecule has 3 N–H and O–H groups in total. The van der Waals surface area contributed by atoms with Gasteiger partial charge in [0.2, 0.25) is 5.91 Å². The molecule has 1 amide bonds. The standard InChI is InChI=1S/C20H30N2O3.ClH/c1-19(2,14-7-8-16-17(12-14)25-11-10-24-16)13-22-18(23)15-6-4-5-9-20(15,3)21;/h7-8,12,15H,4-6,9-11,13,21H2,1-3H3,(H,22,23);1H. The van der Waals surface area contributed by atoms with E-state index in [1.807, 2.05) is 25.1 Å². The number of benzene rings is 1. The SMILES string of the molecule is CC(C)(CNC(=O)C1CCCCC1(C)N)c1ccc2c(c1)OCCO2.Cl. The van der Waals surface area contributed by atoms with Crippen molar-refractivity contribution >= 4 is 18.3 Å². The number of ether oxygens (including phenoxy) is 2. The van der Waals surface area contributed by atoms with Gasteiger partial charge in [-0.25, -0.2) is 0 Å². The van der Waals surface area contributed by atoms with Crippen molar-refractivity contribution in [3.8, 4) is 11.5 Å². The maximum atomic E-state index is 12.7. The molecule has 26 heavy (non-hydrogen) atoms. The highest BCUT2D eigenvalue weighted by Gasteiger charge is 2.38. The van der Waals surface area contributed by atoms with E-state index >= 15 is 0 Å². The van der Waals surface area contributed by atoms with Gasteiger partial charge in [0.05, 0.1) is 5.92 Å². The minimum atomic E-state index is -0.399. The molecule has 5 nitrogen and oxygen atoms in total. The molecule has 0 saturated heterocycles. The number of fused-ring (bicyclic) bond motifs is 1. The quantitative estimate of drug-likeness (QED) is 0.838. The van der Waals surface area contributed by atoms with Crippen LogP contribution in [0.2, 0.25) is 0 Å². The number of rotatable bonds is 4. The minimum Gasteiger partial charge on any atom is -0.486 e. The smallest absolute Gasteiger partial charge is 0.224 e. The summed E-state index contributed by atoms with van der Waals surface area (Å²) in [7, 11) is 0. The van der Waals surface area contributed by atoms with Gasteiger partial charge in [0, 0.05) is 17.5 Å². The predicted octanol–water partition coefficient (Wildman–Crippen LogP) is 3.18. The summed E-state index contributed by atoms with van der Waals surface area (Å²) in [6.07, 6.45) is 3.98. The van der Waals surface area contributed by atoms with Gasteiger partial charge in [-0.05, 0) is 37.5 Å². The molecular weight excluding hydrogens is 352 g/mol. The summed E-state index contributed by atoms with van der Waals surface area (Å²) < 4.78 is 11.3. The molecule has 0 spiro atoms. The van der Waals surface area contributed by atoms with Gasteiger partial charge in [-0.3, -0.25) is 4.79 Å². The molecule has 1 aromatic carbocycles. The van der Waals surface area contributed by atoms with Crippen molar-refractivity contribution in [3.63, 3.8) is 0 Å². The van der Waals surface area contributed by atoms with Crippen LogP contribution in [0.15, 0.2) is 18.2 Å². The van der Waals surface area contributed by atoms with E-state index in [0.717, 1.165) is 42.7 Å². The van der Waals surface area contributed by atoms with Crippen molar-refractivity contribution in [2.45, 2.75) is 57.4 Å². The van der Waals surface area contributed by atoms with Crippen LogP contribution in [0, 0.1) is 5.92 Å². The second kappa shape index (κ2) is 8.05. The van der Waals surface area contributed by atoms with Gasteiger partial charge < -0.3 is 20.5 Å². The first-order valence-corrected chi connectivity index (χ1v) is 9.26. The van der Waals surface area contributed by atoms with Crippen molar-refractivity contribution in [2.24, 2.45) is 11.7 Å². The van der Waals surface area contributed by atoms with Gasteiger partial charge in [-0.2, -0.15) is 0 Å². The summed E-state index contributed by atoms with van der Waals surface area (Å²) in [5, 5.41) is 3.14. The molecule has 1 aromatic rings. The Morgan fingerprint density at radius 3 is 2.65 bits per heavy atom. The Hall–Kier alpha value is -1.46. The topological polar surface area (TPSA) is 73.6 Å². The van der Waals surface area contributed by atoms with Gasteiger partial charge in [0.25, 0.3) is 0 Å². The molecule has 1 aliphatic carbocycles. The third-order valence-electron chi connectivity index (χ3n) is 5.60. The first-order chi connectivity index (χ1) is 11.8. The van der Waals surface area contributed by atoms with E-state index < -0.39 is 5.54 Å². The molecule has 0 bridgehead atoms. The van der Waals surface area contributed by atoms with Crippen LogP contribution in [0.1, 0.15) is 52.0 Å². The molecule has 2 unspecified atom stereocenters. The molecule has 3 rings (SSSR count). The number of halogens is 1. The Bertz CT molecular complexity index is 646. The van der Waals surface area contributed by atoms with Crippen LogP contribution in [-0.2, 0) is 10.2 Å². The van der Waals surface area contributed by atoms with E-state index in [2.05, 4.69) is 19.2 Å². The lowest BCUT2D eigenvalue weighted by Crippen LogP contribution is -2.54. The monoisotopic (exact) mass is 382 g/mol. The third kappa shape index (κ3) is 4.44. The molecular formula is C20H31ClN2O3. The molecule has 0 radical (unpaired) electrons. The molecule has 1 fully saturated rings. The van der Waals surface area contributed by atoms with Gasteiger partial charge >= 0.3 is 0 Å². The average Bonchev–Trinajstić information content (AvgIpc) is 2.59. The Balaban J connectivity index is 0.00000243. The van der Waals surface area contributed by atoms with Crippen LogP contribution in [0.3, 0.4) is 0 Å². The number of carbonyl (C=O) groups excluding carboxylic acids is 1. The van der Waals surface area contributed by atoms with Crippen LogP contribution in [0.4, 0.5) is 0 Å². The highest BCUT2D eigenvalue weighted by atomic mass is 35.5. The van der Waals surface area contributed by atoms with E-state index in [4.69, 9.17) is 15.2 Å². The fourth-order valence-electron chi connectivity index (χ4n) is 3.79. The second-order valence-electron chi connectivity index (χ2n) is 8.26. The average molecular weight is 383 g/mol. The summed E-state index contributed by atoms with van der Waals surface area (Å²) in [5.41, 5.74) is 6.88. The summed E-state index contributed by atoms with van der Waals surface area (Å²) in [6.45, 7) is 7.98. The van der Waals surface area contributed by atoms with Gasteiger partial charge in [0.15, 0.2) is 11.5 Å². The minimum absolute atomic E-state index is 0. The summed E-state index contributed by atoms with van der Waals surface area (Å²) in [6, 6.07) is 6.02. The molecule has 0 aromatic heterocycles. The van der Waals surface area contributed by atoms with Crippen molar-refractivity contribution in [2.75, 3.05) is 19.8 Å². The number of nitrogens with two attached hydrogens (primary N) is 1. The molecule has 1 saturated carbocycles. The summed E-state index contributed by atoms with van der Waals surface area (Å²) >= 11 is 0. The van der Waals surface area contributed by atoms with Crippen LogP contribution in [-0.4, -0.2) is 31.2 Å². The lowest BCUT2D eigenvalue weighted by molar-refractivity contribution is -0.128. The Morgan fingerprint density at radius 2 is 1.96 bits per heavy atom. The zero-order valence-electron chi connectivity index (χ0n) is 16.0. The van der Waals surface area contributed by atoms with Gasteiger partial charge in [-0.15, -0.1) is 12.4 Å². The first kappa shape index (κ1) is 20.8. The number of hydrogen-bond donors (Lipinski definition) is 2. The normalized spacial score (nSPS) is 25.2. The van der Waals surface area contributed by atoms with E-state index in [-0.39, 0.29) is 29.6 Å². The van der Waals surface area contributed by atoms with E-state index in [1.54, 1.807) is 0 Å². The second-order valence-corrected chi connectivity index (χ2v) is 8.26. The highest BCUT2D eigenvalue weighted by molar-refractivity contribution is 5.85. The van der Waals surface area contributed by atoms with Crippen LogP contribution >= 0.6 is 12.4 Å². The molecule has 1 aliphatic heterocycles. The maximum absolute atomic E-state index is 12.7. The van der Waals surface area contributed by atoms with E-state index in [1.165, 1.54) is 0 Å². The number of hydrogen-bond acceptors (Lipinski definition) is 4. The number of nitrogens with one attached hydrogen (secondary N) is 1. The van der Waals surface area contributed by atoms with Crippen molar-refractivity contribution in [1.29, 1.82) is 0 Å². The third-order valence-corrected chi connectivity index (χ3v) is 5.60. The maximum Gasteiger partial charge on any atom is 0.224 e. The zero-order chi connectivity index (χ0) is 18.1. The lowest BCUT2D eigenvalue weighted by atomic mass is 9.74. The van der Waals surface area contributed by atoms with Crippen molar-refractivity contribution in [3.05, 3.63) is 23.8 Å². The highest BCUT2D eigenvalue weighted by Crippen LogP contribution is 2.35. The molecule has 2 aliphatic rings. The molecule has 1 heterocycles. The zero-order valence-corrected chi connectivity index (χ0v) is 16.8. The van der Waals surface area contributed by atoms with Crippen LogP contribution in [0.25, 0.3) is 0 Å². The lowest BCUT2D eigenvalue weighted by Gasteiger charge is -2.38. The fraction of sp³-hybridized carbons (Fsp3) is 0.650. The largest absolute Gasteiger partial charge is 0.486 e. The summed E-state index contributed by atoms with van der Waals surface area (Å²) in [5.74, 6) is 1.55. The van der Waals surface area contributed by atoms with Crippen molar-refractivity contribution < 1.29 is 14.3 Å². The Kier molecular flexibility index (Phi) is 6.46. The fourth-order valence-corrected chi connectivity index (χ4v) is 3.79. The van der Waals surface area contributed by atoms with Crippen LogP contribution < -0.4 is 20.5 Å². The molecule has 6 heteroatoms. The van der Waals surface area contributed by atoms with E-state index in [9.17, 15) is 4.79 Å².